The second kappa shape index (κ2) is 8.30. The summed E-state index contributed by atoms with van der Waals surface area (Å²) in [6.45, 7) is 1.15. The second-order valence-electron chi connectivity index (χ2n) is 7.28. The molecule has 2 heterocycles. The van der Waals surface area contributed by atoms with Crippen LogP contribution in [-0.4, -0.2) is 48.8 Å². The average molecular weight is 423 g/mol. The molecular weight excluding hydrogens is 400 g/mol. The highest BCUT2D eigenvalue weighted by molar-refractivity contribution is 7.89. The number of para-hydroxylation sites is 2. The van der Waals surface area contributed by atoms with Crippen LogP contribution in [0.1, 0.15) is 34.9 Å². The summed E-state index contributed by atoms with van der Waals surface area (Å²) in [6, 6.07) is 13.8. The number of imidazole rings is 1. The largest absolute Gasteiger partial charge is 0.342 e. The highest BCUT2D eigenvalue weighted by atomic mass is 32.2. The molecule has 1 atom stereocenters. The van der Waals surface area contributed by atoms with Crippen LogP contribution in [0.5, 0.6) is 0 Å². The van der Waals surface area contributed by atoms with Crippen LogP contribution < -0.4 is 4.72 Å². The Morgan fingerprint density at radius 1 is 1.23 bits per heavy atom. The van der Waals surface area contributed by atoms with E-state index in [-0.39, 0.29) is 23.3 Å². The summed E-state index contributed by atoms with van der Waals surface area (Å²) in [7, 11) is -3.68. The molecular formula is C22H22N4O3S. The van der Waals surface area contributed by atoms with Gasteiger partial charge < -0.3 is 9.88 Å². The first-order valence-corrected chi connectivity index (χ1v) is 11.2. The molecule has 2 aromatic carbocycles. The number of carbonyl (C=O) groups is 1. The van der Waals surface area contributed by atoms with Crippen molar-refractivity contribution in [3.63, 3.8) is 0 Å². The number of hydrogen-bond acceptors (Lipinski definition) is 4. The van der Waals surface area contributed by atoms with E-state index in [1.54, 1.807) is 4.90 Å². The van der Waals surface area contributed by atoms with Gasteiger partial charge in [0.2, 0.25) is 10.0 Å². The Hall–Kier alpha value is -3.15. The van der Waals surface area contributed by atoms with E-state index < -0.39 is 10.0 Å². The van der Waals surface area contributed by atoms with E-state index in [2.05, 4.69) is 20.6 Å². The van der Waals surface area contributed by atoms with Crippen LogP contribution in [0.3, 0.4) is 0 Å². The molecule has 0 bridgehead atoms. The van der Waals surface area contributed by atoms with Gasteiger partial charge in [-0.25, -0.2) is 13.4 Å². The molecule has 0 saturated carbocycles. The maximum Gasteiger partial charge on any atom is 0.253 e. The number of likely N-dealkylation sites (tertiary alicyclic amines) is 1. The van der Waals surface area contributed by atoms with Crippen LogP contribution in [0.15, 0.2) is 53.4 Å². The van der Waals surface area contributed by atoms with E-state index in [1.165, 1.54) is 24.3 Å². The highest BCUT2D eigenvalue weighted by Crippen LogP contribution is 2.27. The van der Waals surface area contributed by atoms with Gasteiger partial charge in [0.15, 0.2) is 0 Å². The van der Waals surface area contributed by atoms with E-state index >= 15 is 0 Å². The number of aromatic nitrogens is 2. The third kappa shape index (κ3) is 4.08. The van der Waals surface area contributed by atoms with Gasteiger partial charge in [-0.3, -0.25) is 4.79 Å². The molecule has 1 aliphatic heterocycles. The zero-order chi connectivity index (χ0) is 21.1. The molecule has 0 radical (unpaired) electrons. The Labute approximate surface area is 175 Å². The lowest BCUT2D eigenvalue weighted by Crippen LogP contribution is -2.39. The number of benzene rings is 2. The first-order chi connectivity index (χ1) is 14.5. The number of nitrogens with one attached hydrogen (secondary N) is 2. The summed E-state index contributed by atoms with van der Waals surface area (Å²) >= 11 is 0. The van der Waals surface area contributed by atoms with Gasteiger partial charge in [0.05, 0.1) is 22.5 Å². The number of piperidine rings is 1. The van der Waals surface area contributed by atoms with Crippen molar-refractivity contribution in [1.82, 2.24) is 19.6 Å². The summed E-state index contributed by atoms with van der Waals surface area (Å²) < 4.78 is 26.6. The molecule has 3 aromatic rings. The lowest BCUT2D eigenvalue weighted by Gasteiger charge is -2.32. The van der Waals surface area contributed by atoms with Gasteiger partial charge in [-0.2, -0.15) is 4.72 Å². The highest BCUT2D eigenvalue weighted by Gasteiger charge is 2.27. The van der Waals surface area contributed by atoms with Crippen molar-refractivity contribution in [3.8, 4) is 12.3 Å². The Morgan fingerprint density at radius 3 is 2.73 bits per heavy atom. The quantitative estimate of drug-likeness (QED) is 0.618. The molecule has 1 saturated heterocycles. The Balaban J connectivity index is 1.48. The van der Waals surface area contributed by atoms with Gasteiger partial charge in [0, 0.05) is 24.6 Å². The summed E-state index contributed by atoms with van der Waals surface area (Å²) in [6.07, 6.45) is 6.95. The number of terminal acetylenes is 1. The summed E-state index contributed by atoms with van der Waals surface area (Å²) in [5.74, 6) is 3.16. The molecule has 154 valence electrons. The first-order valence-electron chi connectivity index (χ1n) is 9.75. The van der Waals surface area contributed by atoms with Crippen LogP contribution in [-0.2, 0) is 10.0 Å². The van der Waals surface area contributed by atoms with Gasteiger partial charge in [-0.05, 0) is 49.2 Å². The minimum Gasteiger partial charge on any atom is -0.342 e. The van der Waals surface area contributed by atoms with Gasteiger partial charge in [0.25, 0.3) is 5.91 Å². The third-order valence-electron chi connectivity index (χ3n) is 5.28. The predicted octanol–water partition coefficient (Wildman–Crippen LogP) is 2.49. The van der Waals surface area contributed by atoms with Gasteiger partial charge in [-0.1, -0.05) is 18.1 Å². The Morgan fingerprint density at radius 2 is 2.00 bits per heavy atom. The Kier molecular flexibility index (Phi) is 5.57. The molecule has 0 aliphatic carbocycles. The average Bonchev–Trinajstić information content (AvgIpc) is 3.22. The molecule has 1 aromatic heterocycles. The fourth-order valence-corrected chi connectivity index (χ4v) is 4.66. The number of rotatable bonds is 5. The molecule has 0 spiro atoms. The summed E-state index contributed by atoms with van der Waals surface area (Å²) in [5, 5.41) is 0. The van der Waals surface area contributed by atoms with Crippen LogP contribution >= 0.6 is 0 Å². The van der Waals surface area contributed by atoms with Gasteiger partial charge in [0.1, 0.15) is 5.82 Å². The maximum absolute atomic E-state index is 13.0. The van der Waals surface area contributed by atoms with Crippen LogP contribution in [0, 0.1) is 12.3 Å². The van der Waals surface area contributed by atoms with Crippen molar-refractivity contribution in [1.29, 1.82) is 0 Å². The molecule has 0 unspecified atom stereocenters. The van der Waals surface area contributed by atoms with Crippen LogP contribution in [0.4, 0.5) is 0 Å². The smallest absolute Gasteiger partial charge is 0.253 e. The summed E-state index contributed by atoms with van der Waals surface area (Å²) in [4.78, 5) is 22.9. The zero-order valence-corrected chi connectivity index (χ0v) is 17.2. The first kappa shape index (κ1) is 20.1. The van der Waals surface area contributed by atoms with Crippen LogP contribution in [0.2, 0.25) is 0 Å². The molecule has 2 N–H and O–H groups in total. The number of fused-ring (bicyclic) bond motifs is 1. The number of sulfonamides is 1. The lowest BCUT2D eigenvalue weighted by molar-refractivity contribution is 0.0705. The molecule has 7 nitrogen and oxygen atoms in total. The minimum atomic E-state index is -3.68. The van der Waals surface area contributed by atoms with Crippen molar-refractivity contribution < 1.29 is 13.2 Å². The Bertz CT molecular complexity index is 1180. The maximum atomic E-state index is 13.0. The predicted molar refractivity (Wildman–Crippen MR) is 114 cm³/mol. The minimum absolute atomic E-state index is 0.0769. The fraction of sp³-hybridized carbons (Fsp3) is 0.273. The number of H-pyrrole nitrogens is 1. The number of carbonyl (C=O) groups excluding carboxylic acids is 1. The number of aromatic amines is 1. The normalized spacial score (nSPS) is 17.0. The summed E-state index contributed by atoms with van der Waals surface area (Å²) in [5.41, 5.74) is 2.37. The van der Waals surface area contributed by atoms with E-state index in [4.69, 9.17) is 6.42 Å². The topological polar surface area (TPSA) is 95.2 Å². The van der Waals surface area contributed by atoms with Crippen molar-refractivity contribution >= 4 is 27.0 Å². The van der Waals surface area contributed by atoms with E-state index in [0.29, 0.717) is 18.7 Å². The number of hydrogen-bond donors (Lipinski definition) is 2. The molecule has 1 amide bonds. The lowest BCUT2D eigenvalue weighted by atomic mass is 9.96. The number of nitrogens with zero attached hydrogens (tertiary/aromatic N) is 2. The van der Waals surface area contributed by atoms with Crippen molar-refractivity contribution in [3.05, 3.63) is 59.9 Å². The fourth-order valence-electron chi connectivity index (χ4n) is 3.73. The third-order valence-corrected chi connectivity index (χ3v) is 6.70. The van der Waals surface area contributed by atoms with Crippen molar-refractivity contribution in [2.24, 2.45) is 0 Å². The number of amides is 1. The molecule has 1 aliphatic rings. The van der Waals surface area contributed by atoms with Gasteiger partial charge >= 0.3 is 0 Å². The monoisotopic (exact) mass is 422 g/mol. The molecule has 4 rings (SSSR count). The standard InChI is InChI=1S/C22H22N4O3S/c1-2-13-23-30(28,29)18-11-9-16(10-12-18)22(27)26-14-5-6-17(15-26)21-24-19-7-3-4-8-20(19)25-21/h1,3-4,7-12,17,23H,5-6,13-15H2,(H,24,25)/t17-/m0/s1. The van der Waals surface area contributed by atoms with E-state index in [0.717, 1.165) is 29.7 Å². The van der Waals surface area contributed by atoms with Crippen LogP contribution in [0.25, 0.3) is 11.0 Å². The molecule has 1 fully saturated rings. The van der Waals surface area contributed by atoms with E-state index in [1.807, 2.05) is 24.3 Å². The van der Waals surface area contributed by atoms with E-state index in [9.17, 15) is 13.2 Å². The molecule has 8 heteroatoms. The zero-order valence-electron chi connectivity index (χ0n) is 16.3. The molecule has 30 heavy (non-hydrogen) atoms. The van der Waals surface area contributed by atoms with Crippen molar-refractivity contribution in [2.75, 3.05) is 19.6 Å². The van der Waals surface area contributed by atoms with Gasteiger partial charge in [-0.15, -0.1) is 6.42 Å². The SMILES string of the molecule is C#CCNS(=O)(=O)c1ccc(C(=O)N2CCC[C@H](c3nc4ccccc4[nH]3)C2)cc1. The van der Waals surface area contributed by atoms with Crippen molar-refractivity contribution in [2.45, 2.75) is 23.7 Å². The second-order valence-corrected chi connectivity index (χ2v) is 9.05.